The van der Waals surface area contributed by atoms with Crippen molar-refractivity contribution >= 4 is 22.9 Å². The second kappa shape index (κ2) is 6.64. The minimum Gasteiger partial charge on any atom is -0.495 e. The molecule has 0 spiro atoms. The minimum atomic E-state index is -0.158. The zero-order valence-corrected chi connectivity index (χ0v) is 14.5. The first-order chi connectivity index (χ1) is 12.3. The van der Waals surface area contributed by atoms with E-state index in [1.54, 1.807) is 23.1 Å². The van der Waals surface area contributed by atoms with Gasteiger partial charge in [-0.05, 0) is 53.8 Å². The first-order valence-corrected chi connectivity index (χ1v) is 8.92. The smallest absolute Gasteiger partial charge is 0.259 e. The summed E-state index contributed by atoms with van der Waals surface area (Å²) in [5.41, 5.74) is 2.43. The van der Waals surface area contributed by atoms with Gasteiger partial charge in [0.25, 0.3) is 5.91 Å². The third kappa shape index (κ3) is 2.89. The summed E-state index contributed by atoms with van der Waals surface area (Å²) in [4.78, 5) is 14.3. The number of hydrogen-bond acceptors (Lipinski definition) is 6. The number of carbonyl (C=O) groups is 1. The van der Waals surface area contributed by atoms with Crippen LogP contribution in [-0.4, -0.2) is 33.2 Å². The number of nitrogens with zero attached hydrogens (tertiary/aromatic N) is 4. The number of amides is 1. The molecule has 3 aromatic rings. The highest BCUT2D eigenvalue weighted by Crippen LogP contribution is 2.37. The molecule has 1 amide bonds. The molecule has 0 saturated heterocycles. The lowest BCUT2D eigenvalue weighted by molar-refractivity contribution is 0.102. The number of fused-ring (bicyclic) bond motifs is 1. The van der Waals surface area contributed by atoms with Gasteiger partial charge in [0.05, 0.1) is 18.4 Å². The summed E-state index contributed by atoms with van der Waals surface area (Å²) in [6.45, 7) is 0. The molecule has 1 aliphatic carbocycles. The van der Waals surface area contributed by atoms with Crippen LogP contribution in [0, 0.1) is 0 Å². The molecule has 1 aliphatic rings. The number of ether oxygens (including phenoxy) is 1. The van der Waals surface area contributed by atoms with Crippen LogP contribution in [0.25, 0.3) is 5.00 Å². The van der Waals surface area contributed by atoms with E-state index in [1.165, 1.54) is 11.2 Å². The maximum absolute atomic E-state index is 13.1. The second-order valence-corrected chi connectivity index (χ2v) is 6.88. The van der Waals surface area contributed by atoms with Crippen LogP contribution in [0.5, 0.6) is 5.75 Å². The highest BCUT2D eigenvalue weighted by Gasteiger charge is 2.27. The first-order valence-electron chi connectivity index (χ1n) is 8.10. The molecule has 128 valence electrons. The van der Waals surface area contributed by atoms with E-state index >= 15 is 0 Å². The summed E-state index contributed by atoms with van der Waals surface area (Å²) in [5, 5.41) is 15.1. The second-order valence-electron chi connectivity index (χ2n) is 5.80. The Morgan fingerprint density at radius 1 is 1.28 bits per heavy atom. The monoisotopic (exact) mass is 355 g/mol. The summed E-state index contributed by atoms with van der Waals surface area (Å²) >= 11 is 1.60. The van der Waals surface area contributed by atoms with Gasteiger partial charge < -0.3 is 10.1 Å². The Kier molecular flexibility index (Phi) is 4.19. The largest absolute Gasteiger partial charge is 0.495 e. The summed E-state index contributed by atoms with van der Waals surface area (Å²) in [5.74, 6) is 0.471. The van der Waals surface area contributed by atoms with Crippen LogP contribution in [0.15, 0.2) is 30.6 Å². The summed E-state index contributed by atoms with van der Waals surface area (Å²) < 4.78 is 6.90. The number of nitrogens with one attached hydrogen (secondary N) is 1. The number of aryl methyl sites for hydroxylation is 1. The van der Waals surface area contributed by atoms with Crippen LogP contribution in [-0.2, 0) is 12.8 Å². The van der Waals surface area contributed by atoms with Gasteiger partial charge >= 0.3 is 0 Å². The molecule has 7 nitrogen and oxygen atoms in total. The molecule has 2 heterocycles. The molecule has 0 fully saturated rings. The van der Waals surface area contributed by atoms with Gasteiger partial charge in [-0.2, -0.15) is 4.68 Å². The topological polar surface area (TPSA) is 81.9 Å². The Morgan fingerprint density at radius 3 is 2.92 bits per heavy atom. The number of aromatic nitrogens is 4. The normalized spacial score (nSPS) is 13.3. The highest BCUT2D eigenvalue weighted by molar-refractivity contribution is 7.15. The Balaban J connectivity index is 1.76. The van der Waals surface area contributed by atoms with Crippen molar-refractivity contribution in [1.82, 2.24) is 20.2 Å². The molecule has 4 rings (SSSR count). The quantitative estimate of drug-likeness (QED) is 0.778. The maximum atomic E-state index is 13.1. The van der Waals surface area contributed by atoms with Gasteiger partial charge in [0, 0.05) is 4.88 Å². The number of benzene rings is 1. The molecular formula is C17H17N5O2S. The lowest BCUT2D eigenvalue weighted by Gasteiger charge is -2.14. The van der Waals surface area contributed by atoms with E-state index in [2.05, 4.69) is 20.8 Å². The fourth-order valence-electron chi connectivity index (χ4n) is 3.13. The number of para-hydroxylation sites is 2. The standard InChI is InChI=1S/C17H17N5O2S/c1-24-13-8-4-3-7-12(13)19-16(23)15-11-6-2-5-9-14(11)25-17(15)22-10-18-20-21-22/h3-4,7-8,10H,2,5-6,9H2,1H3,(H,19,23). The van der Waals surface area contributed by atoms with Crippen molar-refractivity contribution in [1.29, 1.82) is 0 Å². The number of carbonyl (C=O) groups excluding carboxylic acids is 1. The van der Waals surface area contributed by atoms with Crippen molar-refractivity contribution in [3.63, 3.8) is 0 Å². The van der Waals surface area contributed by atoms with Gasteiger partial charge in [-0.25, -0.2) is 0 Å². The van der Waals surface area contributed by atoms with Gasteiger partial charge in [0.2, 0.25) is 0 Å². The van der Waals surface area contributed by atoms with Gasteiger partial charge in [-0.1, -0.05) is 12.1 Å². The Bertz CT molecular complexity index is 904. The Hall–Kier alpha value is -2.74. The van der Waals surface area contributed by atoms with E-state index in [4.69, 9.17) is 4.74 Å². The summed E-state index contributed by atoms with van der Waals surface area (Å²) in [6.07, 6.45) is 5.67. The van der Waals surface area contributed by atoms with Crippen LogP contribution in [0.1, 0.15) is 33.6 Å². The fourth-order valence-corrected chi connectivity index (χ4v) is 4.44. The van der Waals surface area contributed by atoms with Gasteiger partial charge in [-0.15, -0.1) is 16.4 Å². The van der Waals surface area contributed by atoms with Crippen LogP contribution in [0.3, 0.4) is 0 Å². The Morgan fingerprint density at radius 2 is 2.12 bits per heavy atom. The van der Waals surface area contributed by atoms with E-state index in [9.17, 15) is 4.79 Å². The van der Waals surface area contributed by atoms with Crippen molar-refractivity contribution in [3.8, 4) is 10.8 Å². The highest BCUT2D eigenvalue weighted by atomic mass is 32.1. The molecule has 1 N–H and O–H groups in total. The average Bonchev–Trinajstić information content (AvgIpc) is 3.29. The number of rotatable bonds is 4. The van der Waals surface area contributed by atoms with Crippen molar-refractivity contribution in [2.24, 2.45) is 0 Å². The van der Waals surface area contributed by atoms with E-state index in [1.807, 2.05) is 24.3 Å². The first kappa shape index (κ1) is 15.8. The lowest BCUT2D eigenvalue weighted by Crippen LogP contribution is -2.17. The number of anilines is 1. The predicted octanol–water partition coefficient (Wildman–Crippen LogP) is 2.86. The zero-order valence-electron chi connectivity index (χ0n) is 13.7. The van der Waals surface area contributed by atoms with E-state index < -0.39 is 0 Å². The van der Waals surface area contributed by atoms with Crippen LogP contribution in [0.2, 0.25) is 0 Å². The molecule has 0 bridgehead atoms. The number of thiophene rings is 1. The van der Waals surface area contributed by atoms with E-state index in [-0.39, 0.29) is 5.91 Å². The molecule has 0 atom stereocenters. The fraction of sp³-hybridized carbons (Fsp3) is 0.294. The molecular weight excluding hydrogens is 338 g/mol. The van der Waals surface area contributed by atoms with Gasteiger partial charge in [-0.3, -0.25) is 4.79 Å². The van der Waals surface area contributed by atoms with Crippen LogP contribution < -0.4 is 10.1 Å². The molecule has 2 aromatic heterocycles. The maximum Gasteiger partial charge on any atom is 0.259 e. The Labute approximate surface area is 148 Å². The molecule has 0 aliphatic heterocycles. The molecule has 1 aromatic carbocycles. The van der Waals surface area contributed by atoms with Crippen molar-refractivity contribution < 1.29 is 9.53 Å². The van der Waals surface area contributed by atoms with Crippen molar-refractivity contribution in [2.45, 2.75) is 25.7 Å². The molecule has 8 heteroatoms. The lowest BCUT2D eigenvalue weighted by atomic mass is 9.95. The number of tetrazole rings is 1. The molecule has 0 unspecified atom stereocenters. The molecule has 25 heavy (non-hydrogen) atoms. The third-order valence-corrected chi connectivity index (χ3v) is 5.57. The summed E-state index contributed by atoms with van der Waals surface area (Å²) in [7, 11) is 1.59. The predicted molar refractivity (Wildman–Crippen MR) is 94.6 cm³/mol. The zero-order chi connectivity index (χ0) is 17.2. The van der Waals surface area contributed by atoms with Crippen molar-refractivity contribution in [2.75, 3.05) is 12.4 Å². The number of methoxy groups -OCH3 is 1. The molecule has 0 saturated carbocycles. The summed E-state index contributed by atoms with van der Waals surface area (Å²) in [6, 6.07) is 7.38. The van der Waals surface area contributed by atoms with Gasteiger partial charge in [0.15, 0.2) is 0 Å². The van der Waals surface area contributed by atoms with Crippen LogP contribution >= 0.6 is 11.3 Å². The molecule has 0 radical (unpaired) electrons. The van der Waals surface area contributed by atoms with Gasteiger partial charge in [0.1, 0.15) is 17.1 Å². The van der Waals surface area contributed by atoms with Crippen molar-refractivity contribution in [3.05, 3.63) is 46.6 Å². The SMILES string of the molecule is COc1ccccc1NC(=O)c1c(-n2cnnn2)sc2c1CCCC2. The third-order valence-electron chi connectivity index (χ3n) is 4.29. The van der Waals surface area contributed by atoms with E-state index in [0.29, 0.717) is 17.0 Å². The minimum absolute atomic E-state index is 0.158. The number of hydrogen-bond donors (Lipinski definition) is 1. The average molecular weight is 355 g/mol. The van der Waals surface area contributed by atoms with E-state index in [0.717, 1.165) is 36.2 Å². The van der Waals surface area contributed by atoms with Crippen LogP contribution in [0.4, 0.5) is 5.69 Å².